The Hall–Kier alpha value is -1.40. The Morgan fingerprint density at radius 3 is 2.26 bits per heavy atom. The zero-order chi connectivity index (χ0) is 17.0. The lowest BCUT2D eigenvalue weighted by Gasteiger charge is -2.35. The molecule has 23 heavy (non-hydrogen) atoms. The van der Waals surface area contributed by atoms with Crippen molar-refractivity contribution in [3.05, 3.63) is 29.8 Å². The predicted octanol–water partition coefficient (Wildman–Crippen LogP) is 2.03. The average molecular weight is 338 g/mol. The molecule has 1 aliphatic rings. The van der Waals surface area contributed by atoms with Crippen LogP contribution in [0.3, 0.4) is 0 Å². The molecule has 0 spiro atoms. The number of rotatable bonds is 5. The number of hydrogen-bond acceptors (Lipinski definition) is 3. The second kappa shape index (κ2) is 7.45. The van der Waals surface area contributed by atoms with Gasteiger partial charge in [-0.3, -0.25) is 4.79 Å². The molecule has 0 bridgehead atoms. The molecule has 1 saturated heterocycles. The quantitative estimate of drug-likeness (QED) is 0.893. The Balaban J connectivity index is 1.92. The second-order valence-electron chi connectivity index (χ2n) is 6.60. The Kier molecular flexibility index (Phi) is 5.81. The largest absolute Gasteiger partial charge is 0.342 e. The summed E-state index contributed by atoms with van der Waals surface area (Å²) >= 11 is 0. The SMILES string of the molecule is CNS(=O)(=O)c1ccc(CCC(=O)N2CC(C)CC(C)C2)cc1. The predicted molar refractivity (Wildman–Crippen MR) is 90.5 cm³/mol. The van der Waals surface area contributed by atoms with Gasteiger partial charge in [-0.2, -0.15) is 0 Å². The fourth-order valence-electron chi connectivity index (χ4n) is 3.23. The molecule has 5 nitrogen and oxygen atoms in total. The highest BCUT2D eigenvalue weighted by Gasteiger charge is 2.24. The summed E-state index contributed by atoms with van der Waals surface area (Å²) in [4.78, 5) is 14.6. The van der Waals surface area contributed by atoms with Crippen molar-refractivity contribution in [3.63, 3.8) is 0 Å². The molecule has 1 amide bonds. The molecule has 0 saturated carbocycles. The van der Waals surface area contributed by atoms with E-state index in [0.717, 1.165) is 18.7 Å². The fourth-order valence-corrected chi connectivity index (χ4v) is 3.96. The maximum Gasteiger partial charge on any atom is 0.240 e. The van der Waals surface area contributed by atoms with Gasteiger partial charge in [0.15, 0.2) is 0 Å². The first-order valence-corrected chi connectivity index (χ1v) is 9.60. The minimum absolute atomic E-state index is 0.190. The molecule has 1 heterocycles. The molecule has 128 valence electrons. The van der Waals surface area contributed by atoms with Crippen LogP contribution in [0, 0.1) is 11.8 Å². The van der Waals surface area contributed by atoms with Gasteiger partial charge in [-0.25, -0.2) is 13.1 Å². The van der Waals surface area contributed by atoms with Crippen molar-refractivity contribution in [1.82, 2.24) is 9.62 Å². The van der Waals surface area contributed by atoms with Gasteiger partial charge >= 0.3 is 0 Å². The van der Waals surface area contributed by atoms with Gasteiger partial charge in [-0.05, 0) is 49.4 Å². The first kappa shape index (κ1) is 17.9. The molecule has 6 heteroatoms. The van der Waals surface area contributed by atoms with E-state index in [-0.39, 0.29) is 10.8 Å². The smallest absolute Gasteiger partial charge is 0.240 e. The second-order valence-corrected chi connectivity index (χ2v) is 8.48. The van der Waals surface area contributed by atoms with Gasteiger partial charge in [0.1, 0.15) is 0 Å². The zero-order valence-corrected chi connectivity index (χ0v) is 14.9. The third-order valence-electron chi connectivity index (χ3n) is 4.35. The lowest BCUT2D eigenvalue weighted by atomic mass is 9.91. The number of sulfonamides is 1. The molecular weight excluding hydrogens is 312 g/mol. The summed E-state index contributed by atoms with van der Waals surface area (Å²) in [6, 6.07) is 6.71. The van der Waals surface area contributed by atoms with Crippen molar-refractivity contribution in [2.24, 2.45) is 11.8 Å². The number of carbonyl (C=O) groups is 1. The molecule has 0 radical (unpaired) electrons. The van der Waals surface area contributed by atoms with Crippen LogP contribution in [0.25, 0.3) is 0 Å². The van der Waals surface area contributed by atoms with E-state index in [0.29, 0.717) is 24.7 Å². The van der Waals surface area contributed by atoms with Crippen LogP contribution in [0.1, 0.15) is 32.3 Å². The fraction of sp³-hybridized carbons (Fsp3) is 0.588. The van der Waals surface area contributed by atoms with E-state index in [1.165, 1.54) is 13.5 Å². The summed E-state index contributed by atoms with van der Waals surface area (Å²) in [6.07, 6.45) is 2.29. The van der Waals surface area contributed by atoms with Crippen LogP contribution in [0.5, 0.6) is 0 Å². The molecular formula is C17H26N2O3S. The lowest BCUT2D eigenvalue weighted by molar-refractivity contribution is -0.133. The van der Waals surface area contributed by atoms with E-state index in [2.05, 4.69) is 18.6 Å². The third kappa shape index (κ3) is 4.78. The van der Waals surface area contributed by atoms with Gasteiger partial charge in [0.2, 0.25) is 15.9 Å². The van der Waals surface area contributed by atoms with Gasteiger partial charge in [0, 0.05) is 19.5 Å². The van der Waals surface area contributed by atoms with E-state index >= 15 is 0 Å². The van der Waals surface area contributed by atoms with Gasteiger partial charge in [0.25, 0.3) is 0 Å². The molecule has 0 aromatic heterocycles. The molecule has 2 rings (SSSR count). The van der Waals surface area contributed by atoms with Crippen molar-refractivity contribution >= 4 is 15.9 Å². The number of nitrogens with zero attached hydrogens (tertiary/aromatic N) is 1. The first-order valence-electron chi connectivity index (χ1n) is 8.12. The highest BCUT2D eigenvalue weighted by molar-refractivity contribution is 7.89. The minimum Gasteiger partial charge on any atom is -0.342 e. The summed E-state index contributed by atoms with van der Waals surface area (Å²) in [7, 11) is -2.01. The van der Waals surface area contributed by atoms with Crippen LogP contribution < -0.4 is 4.72 Å². The van der Waals surface area contributed by atoms with Crippen molar-refractivity contribution < 1.29 is 13.2 Å². The molecule has 1 fully saturated rings. The lowest BCUT2D eigenvalue weighted by Crippen LogP contribution is -2.42. The van der Waals surface area contributed by atoms with Crippen LogP contribution in [0.4, 0.5) is 0 Å². The van der Waals surface area contributed by atoms with Crippen LogP contribution >= 0.6 is 0 Å². The van der Waals surface area contributed by atoms with Crippen LogP contribution in [0.2, 0.25) is 0 Å². The molecule has 0 aliphatic carbocycles. The Morgan fingerprint density at radius 2 is 1.74 bits per heavy atom. The van der Waals surface area contributed by atoms with Gasteiger partial charge < -0.3 is 4.90 Å². The van der Waals surface area contributed by atoms with Crippen LogP contribution in [0.15, 0.2) is 29.2 Å². The number of nitrogens with one attached hydrogen (secondary N) is 1. The number of piperidine rings is 1. The Bertz CT molecular complexity index is 630. The van der Waals surface area contributed by atoms with Crippen molar-refractivity contribution in [1.29, 1.82) is 0 Å². The van der Waals surface area contributed by atoms with Crippen molar-refractivity contribution in [3.8, 4) is 0 Å². The number of benzene rings is 1. The molecule has 1 aromatic carbocycles. The van der Waals surface area contributed by atoms with Gasteiger partial charge in [0.05, 0.1) is 4.90 Å². The highest BCUT2D eigenvalue weighted by atomic mass is 32.2. The Morgan fingerprint density at radius 1 is 1.17 bits per heavy atom. The summed E-state index contributed by atoms with van der Waals surface area (Å²) in [5.41, 5.74) is 0.978. The normalized spacial score (nSPS) is 22.1. The highest BCUT2D eigenvalue weighted by Crippen LogP contribution is 2.22. The van der Waals surface area contributed by atoms with Gasteiger partial charge in [-0.1, -0.05) is 26.0 Å². The first-order chi connectivity index (χ1) is 10.8. The van der Waals surface area contributed by atoms with Gasteiger partial charge in [-0.15, -0.1) is 0 Å². The molecule has 2 atom stereocenters. The average Bonchev–Trinajstić information content (AvgIpc) is 2.52. The van der Waals surface area contributed by atoms with Crippen molar-refractivity contribution in [2.45, 2.75) is 38.0 Å². The summed E-state index contributed by atoms with van der Waals surface area (Å²) in [6.45, 7) is 6.08. The van der Waals surface area contributed by atoms with Crippen molar-refractivity contribution in [2.75, 3.05) is 20.1 Å². The van der Waals surface area contributed by atoms with E-state index < -0.39 is 10.0 Å². The number of aryl methyl sites for hydroxylation is 1. The topological polar surface area (TPSA) is 66.5 Å². The summed E-state index contributed by atoms with van der Waals surface area (Å²) in [5.74, 6) is 1.32. The summed E-state index contributed by atoms with van der Waals surface area (Å²) < 4.78 is 25.6. The third-order valence-corrected chi connectivity index (χ3v) is 5.78. The standard InChI is InChI=1S/C17H26N2O3S/c1-13-10-14(2)12-19(11-13)17(20)9-6-15-4-7-16(8-5-15)23(21,22)18-3/h4-5,7-8,13-14,18H,6,9-12H2,1-3H3. The van der Waals surface area contributed by atoms with E-state index in [1.54, 1.807) is 24.3 Å². The molecule has 1 aromatic rings. The summed E-state index contributed by atoms with van der Waals surface area (Å²) in [5, 5.41) is 0. The van der Waals surface area contributed by atoms with E-state index in [1.807, 2.05) is 4.90 Å². The van der Waals surface area contributed by atoms with E-state index in [9.17, 15) is 13.2 Å². The minimum atomic E-state index is -3.40. The monoisotopic (exact) mass is 338 g/mol. The number of amides is 1. The maximum absolute atomic E-state index is 12.4. The molecule has 1 N–H and O–H groups in total. The van der Waals surface area contributed by atoms with Crippen LogP contribution in [-0.2, 0) is 21.2 Å². The number of likely N-dealkylation sites (tertiary alicyclic amines) is 1. The Labute approximate surface area is 139 Å². The number of hydrogen-bond donors (Lipinski definition) is 1. The maximum atomic E-state index is 12.4. The molecule has 1 aliphatic heterocycles. The number of carbonyl (C=O) groups excluding carboxylic acids is 1. The molecule has 2 unspecified atom stereocenters. The van der Waals surface area contributed by atoms with E-state index in [4.69, 9.17) is 0 Å². The van der Waals surface area contributed by atoms with Crippen LogP contribution in [-0.4, -0.2) is 39.4 Å². The zero-order valence-electron chi connectivity index (χ0n) is 14.1.